The lowest BCUT2D eigenvalue weighted by Crippen LogP contribution is -2.36. The molecule has 5 rings (SSSR count). The first kappa shape index (κ1) is 23.3. The SMILES string of the molecule is COc1ccc(CCc2nc3ccccc3c(=O)n2CCN2C(=O)c3ccccc3C2=O)cc1OC. The van der Waals surface area contributed by atoms with Gasteiger partial charge in [0.25, 0.3) is 17.4 Å². The smallest absolute Gasteiger partial charge is 0.261 e. The average molecular weight is 484 g/mol. The van der Waals surface area contributed by atoms with Gasteiger partial charge in [0.15, 0.2) is 11.5 Å². The van der Waals surface area contributed by atoms with Crippen LogP contribution in [0.1, 0.15) is 32.1 Å². The van der Waals surface area contributed by atoms with E-state index in [-0.39, 0.29) is 30.5 Å². The Bertz CT molecular complexity index is 1510. The Hall–Kier alpha value is -4.46. The number of imide groups is 1. The zero-order chi connectivity index (χ0) is 25.2. The van der Waals surface area contributed by atoms with E-state index < -0.39 is 0 Å². The molecule has 2 heterocycles. The Morgan fingerprint density at radius 1 is 0.750 bits per heavy atom. The van der Waals surface area contributed by atoms with Crippen LogP contribution >= 0.6 is 0 Å². The van der Waals surface area contributed by atoms with Crippen LogP contribution < -0.4 is 15.0 Å². The number of methoxy groups -OCH3 is 2. The number of fused-ring (bicyclic) bond motifs is 2. The average Bonchev–Trinajstić information content (AvgIpc) is 3.16. The van der Waals surface area contributed by atoms with Gasteiger partial charge in [0, 0.05) is 19.5 Å². The molecule has 1 aliphatic rings. The molecule has 8 heteroatoms. The molecule has 0 bridgehead atoms. The molecule has 0 spiro atoms. The van der Waals surface area contributed by atoms with Crippen molar-refractivity contribution in [1.29, 1.82) is 0 Å². The molecular formula is C28H25N3O5. The maximum Gasteiger partial charge on any atom is 0.261 e. The van der Waals surface area contributed by atoms with Gasteiger partial charge < -0.3 is 9.47 Å². The fourth-order valence-electron chi connectivity index (χ4n) is 4.57. The summed E-state index contributed by atoms with van der Waals surface area (Å²) in [4.78, 5) is 45.0. The van der Waals surface area contributed by atoms with E-state index in [1.165, 1.54) is 4.90 Å². The van der Waals surface area contributed by atoms with Crippen molar-refractivity contribution in [3.05, 3.63) is 99.6 Å². The Morgan fingerprint density at radius 3 is 2.11 bits per heavy atom. The van der Waals surface area contributed by atoms with Gasteiger partial charge in [-0.25, -0.2) is 4.98 Å². The summed E-state index contributed by atoms with van der Waals surface area (Å²) >= 11 is 0. The predicted molar refractivity (Wildman–Crippen MR) is 135 cm³/mol. The third-order valence-corrected chi connectivity index (χ3v) is 6.45. The molecule has 4 aromatic rings. The zero-order valence-electron chi connectivity index (χ0n) is 20.1. The number of aryl methyl sites for hydroxylation is 2. The van der Waals surface area contributed by atoms with Crippen molar-refractivity contribution in [1.82, 2.24) is 14.5 Å². The normalized spacial score (nSPS) is 12.8. The summed E-state index contributed by atoms with van der Waals surface area (Å²) in [5.41, 5.74) is 2.20. The minimum atomic E-state index is -0.343. The topological polar surface area (TPSA) is 90.7 Å². The number of ether oxygens (including phenoxy) is 2. The highest BCUT2D eigenvalue weighted by Gasteiger charge is 2.34. The number of hydrogen-bond donors (Lipinski definition) is 0. The Labute approximate surface area is 207 Å². The Morgan fingerprint density at radius 2 is 1.42 bits per heavy atom. The van der Waals surface area contributed by atoms with Crippen LogP contribution in [0, 0.1) is 0 Å². The van der Waals surface area contributed by atoms with Crippen LogP contribution in [0.2, 0.25) is 0 Å². The van der Waals surface area contributed by atoms with Gasteiger partial charge in [0.2, 0.25) is 0 Å². The van der Waals surface area contributed by atoms with Crippen molar-refractivity contribution in [2.75, 3.05) is 20.8 Å². The van der Waals surface area contributed by atoms with Gasteiger partial charge in [-0.15, -0.1) is 0 Å². The molecule has 0 atom stereocenters. The summed E-state index contributed by atoms with van der Waals surface area (Å²) < 4.78 is 12.3. The second kappa shape index (κ2) is 9.65. The van der Waals surface area contributed by atoms with Gasteiger partial charge in [0.05, 0.1) is 36.2 Å². The summed E-state index contributed by atoms with van der Waals surface area (Å²) in [7, 11) is 3.17. The van der Waals surface area contributed by atoms with Crippen LogP contribution in [0.3, 0.4) is 0 Å². The minimum absolute atomic E-state index is 0.0790. The summed E-state index contributed by atoms with van der Waals surface area (Å²) in [5.74, 6) is 1.17. The van der Waals surface area contributed by atoms with Crippen molar-refractivity contribution in [3.63, 3.8) is 0 Å². The van der Waals surface area contributed by atoms with E-state index in [0.29, 0.717) is 52.2 Å². The van der Waals surface area contributed by atoms with E-state index in [4.69, 9.17) is 14.5 Å². The molecule has 0 radical (unpaired) electrons. The van der Waals surface area contributed by atoms with Crippen molar-refractivity contribution in [2.45, 2.75) is 19.4 Å². The molecule has 0 N–H and O–H groups in total. The third-order valence-electron chi connectivity index (χ3n) is 6.45. The third kappa shape index (κ3) is 4.11. The van der Waals surface area contributed by atoms with Gasteiger partial charge in [-0.3, -0.25) is 23.9 Å². The first-order chi connectivity index (χ1) is 17.5. The molecule has 36 heavy (non-hydrogen) atoms. The van der Waals surface area contributed by atoms with E-state index in [9.17, 15) is 14.4 Å². The van der Waals surface area contributed by atoms with Crippen molar-refractivity contribution in [2.24, 2.45) is 0 Å². The summed E-state index contributed by atoms with van der Waals surface area (Å²) in [6, 6.07) is 19.6. The van der Waals surface area contributed by atoms with Gasteiger partial charge in [-0.2, -0.15) is 0 Å². The quantitative estimate of drug-likeness (QED) is 0.357. The number of amides is 2. The molecule has 0 saturated heterocycles. The zero-order valence-corrected chi connectivity index (χ0v) is 20.1. The van der Waals surface area contributed by atoms with Crippen LogP contribution in [0.5, 0.6) is 11.5 Å². The molecule has 0 aliphatic carbocycles. The highest BCUT2D eigenvalue weighted by atomic mass is 16.5. The highest BCUT2D eigenvalue weighted by Crippen LogP contribution is 2.28. The molecule has 1 aliphatic heterocycles. The summed E-state index contributed by atoms with van der Waals surface area (Å²) in [5, 5.41) is 0.495. The monoisotopic (exact) mass is 483 g/mol. The molecule has 0 unspecified atom stereocenters. The number of carbonyl (C=O) groups is 2. The Kier molecular flexibility index (Phi) is 6.25. The molecule has 0 fully saturated rings. The standard InChI is InChI=1S/C28H25N3O5/c1-35-23-13-11-18(17-24(23)36-2)12-14-25-29-22-10-6-5-9-21(22)28(34)30(25)15-16-31-26(32)19-7-3-4-8-20(19)27(31)33/h3-11,13,17H,12,14-16H2,1-2H3. The van der Waals surface area contributed by atoms with Gasteiger partial charge in [0.1, 0.15) is 5.82 Å². The Balaban J connectivity index is 1.44. The molecule has 0 saturated carbocycles. The van der Waals surface area contributed by atoms with Crippen molar-refractivity contribution < 1.29 is 19.1 Å². The number of nitrogens with zero attached hydrogens (tertiary/aromatic N) is 3. The van der Waals surface area contributed by atoms with Crippen LogP contribution in [0.4, 0.5) is 0 Å². The first-order valence-electron chi connectivity index (χ1n) is 11.7. The van der Waals surface area contributed by atoms with Crippen LogP contribution in [0.25, 0.3) is 10.9 Å². The summed E-state index contributed by atoms with van der Waals surface area (Å²) in [6.07, 6.45) is 1.09. The maximum absolute atomic E-state index is 13.4. The van der Waals surface area contributed by atoms with Gasteiger partial charge >= 0.3 is 0 Å². The molecule has 1 aromatic heterocycles. The second-order valence-electron chi connectivity index (χ2n) is 8.50. The number of rotatable bonds is 8. The maximum atomic E-state index is 13.4. The van der Waals surface area contributed by atoms with E-state index in [1.54, 1.807) is 55.2 Å². The van der Waals surface area contributed by atoms with Crippen LogP contribution in [-0.4, -0.2) is 47.0 Å². The first-order valence-corrected chi connectivity index (χ1v) is 11.7. The number of para-hydroxylation sites is 1. The van der Waals surface area contributed by atoms with E-state index in [2.05, 4.69) is 0 Å². The van der Waals surface area contributed by atoms with Crippen molar-refractivity contribution in [3.8, 4) is 11.5 Å². The van der Waals surface area contributed by atoms with Gasteiger partial charge in [-0.1, -0.05) is 30.3 Å². The van der Waals surface area contributed by atoms with Crippen molar-refractivity contribution >= 4 is 22.7 Å². The lowest BCUT2D eigenvalue weighted by molar-refractivity contribution is 0.0648. The molecule has 2 amide bonds. The number of hydrogen-bond acceptors (Lipinski definition) is 6. The molecule has 182 valence electrons. The van der Waals surface area contributed by atoms with E-state index >= 15 is 0 Å². The largest absolute Gasteiger partial charge is 0.493 e. The van der Waals surface area contributed by atoms with Gasteiger partial charge in [-0.05, 0) is 48.4 Å². The molecule has 8 nitrogen and oxygen atoms in total. The second-order valence-corrected chi connectivity index (χ2v) is 8.50. The van der Waals surface area contributed by atoms with E-state index in [0.717, 1.165) is 5.56 Å². The number of benzene rings is 3. The summed E-state index contributed by atoms with van der Waals surface area (Å²) in [6.45, 7) is 0.235. The molecule has 3 aromatic carbocycles. The highest BCUT2D eigenvalue weighted by molar-refractivity contribution is 6.21. The fraction of sp³-hybridized carbons (Fsp3) is 0.214. The number of aromatic nitrogens is 2. The van der Waals surface area contributed by atoms with Crippen LogP contribution in [0.15, 0.2) is 71.5 Å². The van der Waals surface area contributed by atoms with E-state index in [1.807, 2.05) is 30.3 Å². The van der Waals surface area contributed by atoms with Crippen LogP contribution in [-0.2, 0) is 19.4 Å². The fourth-order valence-corrected chi connectivity index (χ4v) is 4.57. The lowest BCUT2D eigenvalue weighted by Gasteiger charge is -2.18. The molecular weight excluding hydrogens is 458 g/mol. The lowest BCUT2D eigenvalue weighted by atomic mass is 10.1. The minimum Gasteiger partial charge on any atom is -0.493 e. The predicted octanol–water partition coefficient (Wildman–Crippen LogP) is 3.50. The number of carbonyl (C=O) groups excluding carboxylic acids is 2.